The Labute approximate surface area is 169 Å². The van der Waals surface area contributed by atoms with E-state index in [0.717, 1.165) is 0 Å². The molecule has 1 saturated heterocycles. The fourth-order valence-corrected chi connectivity index (χ4v) is 3.21. The maximum absolute atomic E-state index is 12.5. The Hall–Kier alpha value is -3.34. The molecular formula is C21H24N4O4. The van der Waals surface area contributed by atoms with Gasteiger partial charge in [0.05, 0.1) is 17.8 Å². The highest BCUT2D eigenvalue weighted by atomic mass is 16.6. The number of aromatic nitrogens is 1. The number of likely N-dealkylation sites (tertiary alicyclic amines) is 1. The Balaban J connectivity index is 1.63. The van der Waals surface area contributed by atoms with Gasteiger partial charge in [-0.1, -0.05) is 12.1 Å². The van der Waals surface area contributed by atoms with Crippen molar-refractivity contribution in [2.75, 3.05) is 6.54 Å². The Morgan fingerprint density at radius 2 is 2.14 bits per heavy atom. The highest BCUT2D eigenvalue weighted by Crippen LogP contribution is 2.23. The number of nitriles is 1. The molecule has 2 atom stereocenters. The molecule has 1 aliphatic rings. The van der Waals surface area contributed by atoms with E-state index in [1.165, 1.54) is 6.20 Å². The Morgan fingerprint density at radius 3 is 2.83 bits per heavy atom. The smallest absolute Gasteiger partial charge is 0.410 e. The molecule has 2 amide bonds. The van der Waals surface area contributed by atoms with Crippen LogP contribution in [0.3, 0.4) is 0 Å². The van der Waals surface area contributed by atoms with Gasteiger partial charge >= 0.3 is 12.0 Å². The fourth-order valence-electron chi connectivity index (χ4n) is 3.21. The van der Waals surface area contributed by atoms with Crippen molar-refractivity contribution in [3.8, 4) is 17.4 Å². The molecule has 0 spiro atoms. The zero-order valence-corrected chi connectivity index (χ0v) is 16.9. The lowest BCUT2D eigenvalue weighted by atomic mass is 10.1. The van der Waals surface area contributed by atoms with Gasteiger partial charge in [-0.15, -0.1) is 0 Å². The molecule has 8 nitrogen and oxygen atoms in total. The Morgan fingerprint density at radius 1 is 1.38 bits per heavy atom. The highest BCUT2D eigenvalue weighted by molar-refractivity contribution is 5.90. The van der Waals surface area contributed by atoms with E-state index in [2.05, 4.69) is 16.4 Å². The summed E-state index contributed by atoms with van der Waals surface area (Å²) in [4.78, 5) is 30.5. The quantitative estimate of drug-likeness (QED) is 0.852. The van der Waals surface area contributed by atoms with Gasteiger partial charge in [-0.05, 0) is 46.2 Å². The lowest BCUT2D eigenvalue weighted by molar-refractivity contribution is 0.0235. The van der Waals surface area contributed by atoms with E-state index in [1.807, 2.05) is 27.7 Å². The predicted octanol–water partition coefficient (Wildman–Crippen LogP) is 3.34. The number of ether oxygens (including phenoxy) is 1. The van der Waals surface area contributed by atoms with Crippen LogP contribution in [-0.4, -0.2) is 46.1 Å². The van der Waals surface area contributed by atoms with Crippen molar-refractivity contribution in [1.29, 1.82) is 5.26 Å². The van der Waals surface area contributed by atoms with Crippen LogP contribution in [0.2, 0.25) is 0 Å². The number of nitrogens with one attached hydrogen (secondary N) is 1. The molecule has 1 aliphatic heterocycles. The normalized spacial score (nSPS) is 18.9. The Kier molecular flexibility index (Phi) is 5.59. The summed E-state index contributed by atoms with van der Waals surface area (Å²) in [6.07, 6.45) is 1.68. The lowest BCUT2D eigenvalue weighted by Gasteiger charge is -2.26. The van der Waals surface area contributed by atoms with Crippen LogP contribution in [0.4, 0.5) is 4.79 Å². The summed E-state index contributed by atoms with van der Waals surface area (Å²) < 4.78 is 11.0. The number of oxazole rings is 1. The number of hydrogen-bond donors (Lipinski definition) is 1. The van der Waals surface area contributed by atoms with Crippen LogP contribution in [0.25, 0.3) is 11.3 Å². The number of benzene rings is 1. The zero-order valence-electron chi connectivity index (χ0n) is 16.9. The number of carbonyl (C=O) groups is 2. The van der Waals surface area contributed by atoms with Crippen LogP contribution in [0.5, 0.6) is 0 Å². The van der Waals surface area contributed by atoms with Gasteiger partial charge in [-0.2, -0.15) is 5.26 Å². The molecule has 152 valence electrons. The zero-order chi connectivity index (χ0) is 21.2. The molecule has 0 bridgehead atoms. The van der Waals surface area contributed by atoms with E-state index in [-0.39, 0.29) is 18.0 Å². The summed E-state index contributed by atoms with van der Waals surface area (Å²) in [5, 5.41) is 11.9. The summed E-state index contributed by atoms with van der Waals surface area (Å²) in [6.45, 7) is 7.73. The summed E-state index contributed by atoms with van der Waals surface area (Å²) in [5.74, 6) is -0.107. The van der Waals surface area contributed by atoms with Crippen LogP contribution in [0.1, 0.15) is 50.4 Å². The number of nitrogens with zero attached hydrogens (tertiary/aromatic N) is 3. The molecule has 2 heterocycles. The molecule has 1 unspecified atom stereocenters. The maximum atomic E-state index is 12.5. The topological polar surface area (TPSA) is 108 Å². The molecule has 29 heavy (non-hydrogen) atoms. The van der Waals surface area contributed by atoms with Crippen molar-refractivity contribution >= 4 is 12.0 Å². The lowest BCUT2D eigenvalue weighted by Crippen LogP contribution is -2.41. The van der Waals surface area contributed by atoms with Crippen molar-refractivity contribution in [2.45, 2.75) is 51.8 Å². The molecule has 2 aromatic rings. The van der Waals surface area contributed by atoms with E-state index in [9.17, 15) is 9.59 Å². The average molecular weight is 396 g/mol. The summed E-state index contributed by atoms with van der Waals surface area (Å²) in [6, 6.07) is 8.66. The summed E-state index contributed by atoms with van der Waals surface area (Å²) in [7, 11) is 0. The first kappa shape index (κ1) is 20.4. The second kappa shape index (κ2) is 7.95. The van der Waals surface area contributed by atoms with E-state index in [1.54, 1.807) is 29.2 Å². The first-order chi connectivity index (χ1) is 13.7. The predicted molar refractivity (Wildman–Crippen MR) is 105 cm³/mol. The van der Waals surface area contributed by atoms with E-state index < -0.39 is 17.6 Å². The van der Waals surface area contributed by atoms with Gasteiger partial charge in [0.1, 0.15) is 5.60 Å². The van der Waals surface area contributed by atoms with Gasteiger partial charge in [0.2, 0.25) is 0 Å². The molecule has 0 saturated carbocycles. The van der Waals surface area contributed by atoms with Crippen LogP contribution in [0, 0.1) is 11.3 Å². The summed E-state index contributed by atoms with van der Waals surface area (Å²) in [5.41, 5.74) is 0.587. The first-order valence-electron chi connectivity index (χ1n) is 9.43. The molecule has 8 heteroatoms. The van der Waals surface area contributed by atoms with Crippen LogP contribution in [0.15, 0.2) is 34.9 Å². The maximum Gasteiger partial charge on any atom is 0.410 e. The number of rotatable bonds is 3. The standard InChI is InChI=1S/C21H24N4O4/c1-13-8-16(12-25(13)20(27)29-21(2,3)4)24-18(26)19-23-11-17(28-19)15-7-5-6-14(9-15)10-22/h5-7,9,11,13,16H,8,12H2,1-4H3,(H,24,26)/t13-,16?/m1/s1. The number of amides is 2. The third-order valence-corrected chi connectivity index (χ3v) is 4.51. The molecule has 3 rings (SSSR count). The van der Waals surface area contributed by atoms with Crippen molar-refractivity contribution in [3.05, 3.63) is 41.9 Å². The molecule has 1 N–H and O–H groups in total. The average Bonchev–Trinajstić information content (AvgIpc) is 3.27. The van der Waals surface area contributed by atoms with Crippen LogP contribution < -0.4 is 5.32 Å². The number of carbonyl (C=O) groups excluding carboxylic acids is 2. The summed E-state index contributed by atoms with van der Waals surface area (Å²) >= 11 is 0. The van der Waals surface area contributed by atoms with Crippen molar-refractivity contribution in [3.63, 3.8) is 0 Å². The molecular weight excluding hydrogens is 372 g/mol. The van der Waals surface area contributed by atoms with Gasteiger partial charge in [-0.3, -0.25) is 4.79 Å². The second-order valence-electron chi connectivity index (χ2n) is 8.11. The molecule has 1 aromatic carbocycles. The van der Waals surface area contributed by atoms with Crippen molar-refractivity contribution < 1.29 is 18.7 Å². The van der Waals surface area contributed by atoms with Gasteiger partial charge < -0.3 is 19.4 Å². The largest absolute Gasteiger partial charge is 0.444 e. The van der Waals surface area contributed by atoms with Gasteiger partial charge in [0.15, 0.2) is 5.76 Å². The Bertz CT molecular complexity index is 954. The number of hydrogen-bond acceptors (Lipinski definition) is 6. The third kappa shape index (κ3) is 4.93. The van der Waals surface area contributed by atoms with Crippen molar-refractivity contribution in [2.24, 2.45) is 0 Å². The van der Waals surface area contributed by atoms with Crippen molar-refractivity contribution in [1.82, 2.24) is 15.2 Å². The highest BCUT2D eigenvalue weighted by Gasteiger charge is 2.36. The minimum atomic E-state index is -0.574. The first-order valence-corrected chi connectivity index (χ1v) is 9.43. The van der Waals surface area contributed by atoms with E-state index >= 15 is 0 Å². The fraction of sp³-hybridized carbons (Fsp3) is 0.429. The molecule has 0 aliphatic carbocycles. The van der Waals surface area contributed by atoms with Gasteiger partial charge in [0.25, 0.3) is 5.89 Å². The van der Waals surface area contributed by atoms with Gasteiger partial charge in [0, 0.05) is 24.2 Å². The van der Waals surface area contributed by atoms with E-state index in [0.29, 0.717) is 29.9 Å². The van der Waals surface area contributed by atoms with Gasteiger partial charge in [-0.25, -0.2) is 9.78 Å². The van der Waals surface area contributed by atoms with E-state index in [4.69, 9.17) is 14.4 Å². The molecule has 1 fully saturated rings. The molecule has 0 radical (unpaired) electrons. The minimum Gasteiger partial charge on any atom is -0.444 e. The minimum absolute atomic E-state index is 0.0519. The SMILES string of the molecule is C[C@@H]1CC(NC(=O)c2ncc(-c3cccc(C#N)c3)o2)CN1C(=O)OC(C)(C)C. The third-order valence-electron chi connectivity index (χ3n) is 4.51. The van der Waals surface area contributed by atoms with Crippen LogP contribution >= 0.6 is 0 Å². The second-order valence-corrected chi connectivity index (χ2v) is 8.11. The van der Waals surface area contributed by atoms with Crippen LogP contribution in [-0.2, 0) is 4.74 Å². The monoisotopic (exact) mass is 396 g/mol. The molecule has 1 aromatic heterocycles.